The predicted molar refractivity (Wildman–Crippen MR) is 159 cm³/mol. The first-order valence-electron chi connectivity index (χ1n) is 12.6. The van der Waals surface area contributed by atoms with E-state index in [1.807, 2.05) is 72.8 Å². The number of benzene rings is 3. The molecular formula is C30H29N3O4S2. The molecule has 0 saturated heterocycles. The summed E-state index contributed by atoms with van der Waals surface area (Å²) >= 11 is 2.75. The summed E-state index contributed by atoms with van der Waals surface area (Å²) in [6.07, 6.45) is 1.35. The number of aromatic nitrogens is 2. The number of nitrogens with zero attached hydrogens (tertiary/aromatic N) is 2. The number of methoxy groups -OCH3 is 2. The Balaban J connectivity index is 1.38. The van der Waals surface area contributed by atoms with Crippen molar-refractivity contribution in [1.82, 2.24) is 14.9 Å². The van der Waals surface area contributed by atoms with Crippen LogP contribution in [0.1, 0.15) is 11.1 Å². The lowest BCUT2D eigenvalue weighted by molar-refractivity contribution is -0.118. The van der Waals surface area contributed by atoms with E-state index in [9.17, 15) is 9.59 Å². The molecule has 0 aliphatic rings. The molecule has 1 N–H and O–H groups in total. The third-order valence-electron chi connectivity index (χ3n) is 6.43. The molecule has 0 radical (unpaired) electrons. The third-order valence-corrected chi connectivity index (χ3v) is 8.55. The van der Waals surface area contributed by atoms with Crippen LogP contribution in [0.2, 0.25) is 0 Å². The first-order valence-corrected chi connectivity index (χ1v) is 14.4. The van der Waals surface area contributed by atoms with Gasteiger partial charge in [0.2, 0.25) is 5.91 Å². The molecule has 0 fully saturated rings. The van der Waals surface area contributed by atoms with Gasteiger partial charge in [-0.3, -0.25) is 14.2 Å². The highest BCUT2D eigenvalue weighted by molar-refractivity contribution is 7.99. The number of nitrogens with one attached hydrogen (secondary N) is 1. The molecule has 0 spiro atoms. The number of aryl methyl sites for hydroxylation is 1. The van der Waals surface area contributed by atoms with E-state index in [-0.39, 0.29) is 17.2 Å². The summed E-state index contributed by atoms with van der Waals surface area (Å²) in [5.41, 5.74) is 2.78. The number of thioether (sulfide) groups is 1. The second-order valence-electron chi connectivity index (χ2n) is 8.94. The van der Waals surface area contributed by atoms with Gasteiger partial charge in [0.1, 0.15) is 4.70 Å². The normalized spacial score (nSPS) is 11.1. The molecule has 0 bridgehead atoms. The number of carbonyl (C=O) groups is 1. The Kier molecular flexibility index (Phi) is 8.48. The van der Waals surface area contributed by atoms with Crippen molar-refractivity contribution in [3.8, 4) is 11.5 Å². The number of thiophene rings is 1. The molecule has 0 atom stereocenters. The smallest absolute Gasteiger partial charge is 0.272 e. The van der Waals surface area contributed by atoms with Crippen LogP contribution in [-0.4, -0.2) is 42.0 Å². The van der Waals surface area contributed by atoms with Crippen LogP contribution in [0.3, 0.4) is 0 Å². The fourth-order valence-electron chi connectivity index (χ4n) is 4.41. The van der Waals surface area contributed by atoms with Crippen molar-refractivity contribution < 1.29 is 14.3 Å². The zero-order valence-electron chi connectivity index (χ0n) is 21.8. The number of ether oxygens (including phenoxy) is 2. The number of rotatable bonds is 11. The standard InChI is InChI=1S/C30H29N3O4S2/c1-36-23-13-12-21(18-24(23)37-2)15-17-33-29(35)28-27(22-10-6-7-11-25(22)39-28)32-30(33)38-19-26(34)31-16-14-20-8-4-3-5-9-20/h3-13,18H,14-17,19H2,1-2H3,(H,31,34). The first-order chi connectivity index (χ1) is 19.1. The molecule has 0 aliphatic carbocycles. The minimum absolute atomic E-state index is 0.0892. The van der Waals surface area contributed by atoms with Crippen molar-refractivity contribution in [3.63, 3.8) is 0 Å². The van der Waals surface area contributed by atoms with Crippen molar-refractivity contribution in [3.05, 3.63) is 94.3 Å². The van der Waals surface area contributed by atoms with Gasteiger partial charge in [-0.15, -0.1) is 11.3 Å². The van der Waals surface area contributed by atoms with Gasteiger partial charge in [0, 0.05) is 23.2 Å². The van der Waals surface area contributed by atoms with Crippen LogP contribution < -0.4 is 20.3 Å². The second-order valence-corrected chi connectivity index (χ2v) is 10.9. The van der Waals surface area contributed by atoms with Crippen LogP contribution in [-0.2, 0) is 24.2 Å². The van der Waals surface area contributed by atoms with E-state index in [0.29, 0.717) is 46.4 Å². The largest absolute Gasteiger partial charge is 0.493 e. The lowest BCUT2D eigenvalue weighted by Crippen LogP contribution is -2.28. The van der Waals surface area contributed by atoms with Crippen molar-refractivity contribution in [2.24, 2.45) is 0 Å². The summed E-state index contributed by atoms with van der Waals surface area (Å²) in [5, 5.41) is 4.47. The monoisotopic (exact) mass is 559 g/mol. The molecule has 5 aromatic rings. The van der Waals surface area contributed by atoms with Crippen LogP contribution >= 0.6 is 23.1 Å². The van der Waals surface area contributed by atoms with Gasteiger partial charge in [-0.05, 0) is 42.2 Å². The summed E-state index contributed by atoms with van der Waals surface area (Å²) in [4.78, 5) is 31.3. The zero-order valence-corrected chi connectivity index (χ0v) is 23.4. The Labute approximate surface area is 234 Å². The maximum Gasteiger partial charge on any atom is 0.272 e. The Morgan fingerprint density at radius 3 is 2.51 bits per heavy atom. The Hall–Kier alpha value is -3.82. The summed E-state index contributed by atoms with van der Waals surface area (Å²) in [7, 11) is 3.20. The summed E-state index contributed by atoms with van der Waals surface area (Å²) in [5.74, 6) is 1.38. The lowest BCUT2D eigenvalue weighted by atomic mass is 10.1. The average Bonchev–Trinajstić information content (AvgIpc) is 3.35. The predicted octanol–water partition coefficient (Wildman–Crippen LogP) is 5.32. The molecule has 2 aromatic heterocycles. The molecule has 7 nitrogen and oxygen atoms in total. The molecule has 200 valence electrons. The third kappa shape index (κ3) is 6.10. The molecule has 39 heavy (non-hydrogen) atoms. The molecule has 3 aromatic carbocycles. The molecule has 1 amide bonds. The van der Waals surface area contributed by atoms with Crippen molar-refractivity contribution in [2.45, 2.75) is 24.5 Å². The Bertz CT molecular complexity index is 1660. The SMILES string of the molecule is COc1ccc(CCn2c(SCC(=O)NCCc3ccccc3)nc3c(sc4ccccc43)c2=O)cc1OC. The summed E-state index contributed by atoms with van der Waals surface area (Å²) in [6, 6.07) is 23.7. The van der Waals surface area contributed by atoms with Gasteiger partial charge in [-0.1, -0.05) is 66.4 Å². The highest BCUT2D eigenvalue weighted by Gasteiger charge is 2.17. The second kappa shape index (κ2) is 12.4. The number of carbonyl (C=O) groups excluding carboxylic acids is 1. The topological polar surface area (TPSA) is 82.5 Å². The van der Waals surface area contributed by atoms with Crippen LogP contribution in [0.4, 0.5) is 0 Å². The minimum Gasteiger partial charge on any atom is -0.493 e. The number of fused-ring (bicyclic) bond motifs is 3. The fourth-order valence-corrected chi connectivity index (χ4v) is 6.35. The maximum atomic E-state index is 13.7. The molecule has 0 aliphatic heterocycles. The van der Waals surface area contributed by atoms with E-state index in [0.717, 1.165) is 22.1 Å². The van der Waals surface area contributed by atoms with Gasteiger partial charge in [0.05, 0.1) is 25.5 Å². The van der Waals surface area contributed by atoms with E-state index < -0.39 is 0 Å². The first kappa shape index (κ1) is 26.8. The van der Waals surface area contributed by atoms with Crippen LogP contribution in [0, 0.1) is 0 Å². The highest BCUT2D eigenvalue weighted by Crippen LogP contribution is 2.32. The van der Waals surface area contributed by atoms with E-state index in [4.69, 9.17) is 14.5 Å². The fraction of sp³-hybridized carbons (Fsp3) is 0.233. The van der Waals surface area contributed by atoms with Crippen molar-refractivity contribution >= 4 is 49.3 Å². The minimum atomic E-state index is -0.0908. The maximum absolute atomic E-state index is 13.7. The Morgan fingerprint density at radius 2 is 1.72 bits per heavy atom. The van der Waals surface area contributed by atoms with Gasteiger partial charge in [-0.25, -0.2) is 4.98 Å². The number of hydrogen-bond acceptors (Lipinski definition) is 7. The molecule has 0 unspecified atom stereocenters. The molecule has 9 heteroatoms. The lowest BCUT2D eigenvalue weighted by Gasteiger charge is -2.13. The van der Waals surface area contributed by atoms with Crippen molar-refractivity contribution in [1.29, 1.82) is 0 Å². The van der Waals surface area contributed by atoms with Gasteiger partial charge in [-0.2, -0.15) is 0 Å². The van der Waals surface area contributed by atoms with E-state index in [1.165, 1.54) is 28.7 Å². The molecular weight excluding hydrogens is 530 g/mol. The van der Waals surface area contributed by atoms with E-state index in [1.54, 1.807) is 18.8 Å². The molecule has 2 heterocycles. The van der Waals surface area contributed by atoms with Crippen LogP contribution in [0.15, 0.2) is 82.7 Å². The van der Waals surface area contributed by atoms with Gasteiger partial charge < -0.3 is 14.8 Å². The van der Waals surface area contributed by atoms with Gasteiger partial charge in [0.15, 0.2) is 16.7 Å². The quantitative estimate of drug-likeness (QED) is 0.174. The summed E-state index contributed by atoms with van der Waals surface area (Å²) < 4.78 is 14.1. The summed E-state index contributed by atoms with van der Waals surface area (Å²) in [6.45, 7) is 0.973. The number of hydrogen-bond donors (Lipinski definition) is 1. The van der Waals surface area contributed by atoms with Crippen LogP contribution in [0.25, 0.3) is 20.3 Å². The highest BCUT2D eigenvalue weighted by atomic mass is 32.2. The van der Waals surface area contributed by atoms with E-state index >= 15 is 0 Å². The van der Waals surface area contributed by atoms with Gasteiger partial charge in [0.25, 0.3) is 5.56 Å². The van der Waals surface area contributed by atoms with Gasteiger partial charge >= 0.3 is 0 Å². The van der Waals surface area contributed by atoms with E-state index in [2.05, 4.69) is 5.32 Å². The molecule has 5 rings (SSSR count). The zero-order chi connectivity index (χ0) is 27.2. The molecule has 0 saturated carbocycles. The Morgan fingerprint density at radius 1 is 0.949 bits per heavy atom. The average molecular weight is 560 g/mol. The number of amides is 1. The van der Waals surface area contributed by atoms with Crippen molar-refractivity contribution in [2.75, 3.05) is 26.5 Å². The van der Waals surface area contributed by atoms with Crippen LogP contribution in [0.5, 0.6) is 11.5 Å².